The van der Waals surface area contributed by atoms with Gasteiger partial charge in [-0.1, -0.05) is 18.2 Å². The van der Waals surface area contributed by atoms with Crippen LogP contribution in [0.5, 0.6) is 0 Å². The number of likely N-dealkylation sites (tertiary alicyclic amines) is 1. The zero-order chi connectivity index (χ0) is 13.5. The number of hydrogen-bond acceptors (Lipinski definition) is 3. The van der Waals surface area contributed by atoms with Crippen LogP contribution in [-0.4, -0.2) is 36.5 Å². The second-order valence-electron chi connectivity index (χ2n) is 5.80. The third-order valence-electron chi connectivity index (χ3n) is 4.58. The largest absolute Gasteiger partial charge is 0.338 e. The average molecular weight is 286 g/mol. The summed E-state index contributed by atoms with van der Waals surface area (Å²) in [5.41, 5.74) is 0. The van der Waals surface area contributed by atoms with Crippen molar-refractivity contribution in [3.05, 3.63) is 35.2 Å². The van der Waals surface area contributed by atoms with E-state index >= 15 is 0 Å². The van der Waals surface area contributed by atoms with Gasteiger partial charge in [-0.3, -0.25) is 4.79 Å². The smallest absolute Gasteiger partial charge is 0.263 e. The number of amides is 1. The summed E-state index contributed by atoms with van der Waals surface area (Å²) in [6.07, 6.45) is 2.31. The molecule has 0 saturated carbocycles. The van der Waals surface area contributed by atoms with Crippen LogP contribution in [0.1, 0.15) is 22.5 Å². The first-order chi connectivity index (χ1) is 9.81. The first-order valence-electron chi connectivity index (χ1n) is 7.32. The van der Waals surface area contributed by atoms with Crippen LogP contribution in [0.2, 0.25) is 0 Å². The average Bonchev–Trinajstić information content (AvgIpc) is 3.11. The second kappa shape index (κ2) is 4.86. The Kier molecular flexibility index (Phi) is 3.00. The quantitative estimate of drug-likeness (QED) is 0.874. The van der Waals surface area contributed by atoms with E-state index in [2.05, 4.69) is 22.3 Å². The normalized spacial score (nSPS) is 25.9. The molecule has 3 heterocycles. The zero-order valence-electron chi connectivity index (χ0n) is 11.3. The Morgan fingerprint density at radius 1 is 1.30 bits per heavy atom. The fourth-order valence-corrected chi connectivity index (χ4v) is 4.51. The van der Waals surface area contributed by atoms with Crippen LogP contribution < -0.4 is 5.32 Å². The summed E-state index contributed by atoms with van der Waals surface area (Å²) in [4.78, 5) is 15.6. The van der Waals surface area contributed by atoms with E-state index in [1.165, 1.54) is 16.5 Å². The van der Waals surface area contributed by atoms with E-state index < -0.39 is 0 Å². The molecule has 2 aromatic rings. The van der Waals surface area contributed by atoms with Gasteiger partial charge in [0.1, 0.15) is 0 Å². The van der Waals surface area contributed by atoms with Crippen LogP contribution in [-0.2, 0) is 0 Å². The van der Waals surface area contributed by atoms with E-state index in [4.69, 9.17) is 0 Å². The Morgan fingerprint density at radius 2 is 2.20 bits per heavy atom. The molecule has 0 bridgehead atoms. The van der Waals surface area contributed by atoms with Gasteiger partial charge in [0.2, 0.25) is 0 Å². The highest BCUT2D eigenvalue weighted by Gasteiger charge is 2.34. The molecule has 1 N–H and O–H groups in total. The predicted molar refractivity (Wildman–Crippen MR) is 82.2 cm³/mol. The van der Waals surface area contributed by atoms with E-state index in [-0.39, 0.29) is 5.91 Å². The molecular formula is C16H18N2OS. The third-order valence-corrected chi connectivity index (χ3v) is 5.68. The van der Waals surface area contributed by atoms with Gasteiger partial charge in [0.25, 0.3) is 5.91 Å². The van der Waals surface area contributed by atoms with Gasteiger partial charge in [-0.2, -0.15) is 0 Å². The highest BCUT2D eigenvalue weighted by Crippen LogP contribution is 2.29. The van der Waals surface area contributed by atoms with E-state index in [0.717, 1.165) is 30.9 Å². The maximum absolute atomic E-state index is 12.7. The SMILES string of the molecule is O=C(c1cc2ccccc2s1)N1CCC2NCCC2C1. The Balaban J connectivity index is 1.57. The number of carbonyl (C=O) groups is 1. The van der Waals surface area contributed by atoms with Gasteiger partial charge in [-0.25, -0.2) is 0 Å². The van der Waals surface area contributed by atoms with E-state index in [9.17, 15) is 4.79 Å². The minimum atomic E-state index is 0.219. The van der Waals surface area contributed by atoms with Crippen molar-refractivity contribution < 1.29 is 4.79 Å². The summed E-state index contributed by atoms with van der Waals surface area (Å²) in [5, 5.41) is 4.72. The molecule has 104 valence electrons. The highest BCUT2D eigenvalue weighted by atomic mass is 32.1. The Morgan fingerprint density at radius 3 is 3.10 bits per heavy atom. The lowest BCUT2D eigenvalue weighted by atomic mass is 9.93. The standard InChI is InChI=1S/C16H18N2OS/c19-16(15-9-11-3-1-2-4-14(11)20-15)18-8-6-13-12(10-18)5-7-17-13/h1-4,9,12-13,17H,5-8,10H2. The van der Waals surface area contributed by atoms with Gasteiger partial charge >= 0.3 is 0 Å². The van der Waals surface area contributed by atoms with Gasteiger partial charge in [0.15, 0.2) is 0 Å². The summed E-state index contributed by atoms with van der Waals surface area (Å²) in [7, 11) is 0. The lowest BCUT2D eigenvalue weighted by Gasteiger charge is -2.34. The molecule has 2 unspecified atom stereocenters. The molecule has 0 radical (unpaired) electrons. The topological polar surface area (TPSA) is 32.3 Å². The number of nitrogens with one attached hydrogen (secondary N) is 1. The summed E-state index contributed by atoms with van der Waals surface area (Å²) in [5.74, 6) is 0.874. The maximum Gasteiger partial charge on any atom is 0.263 e. The Bertz CT molecular complexity index is 618. The van der Waals surface area contributed by atoms with Crippen molar-refractivity contribution in [1.29, 1.82) is 0 Å². The number of carbonyl (C=O) groups excluding carboxylic acids is 1. The zero-order valence-corrected chi connectivity index (χ0v) is 12.2. The number of hydrogen-bond donors (Lipinski definition) is 1. The van der Waals surface area contributed by atoms with Crippen LogP contribution in [0.4, 0.5) is 0 Å². The van der Waals surface area contributed by atoms with Crippen molar-refractivity contribution >= 4 is 27.3 Å². The molecule has 1 amide bonds. The monoisotopic (exact) mass is 286 g/mol. The molecule has 0 spiro atoms. The summed E-state index contributed by atoms with van der Waals surface area (Å²) in [6, 6.07) is 10.9. The number of fused-ring (bicyclic) bond motifs is 2. The van der Waals surface area contributed by atoms with Crippen molar-refractivity contribution in [2.45, 2.75) is 18.9 Å². The molecule has 0 aliphatic carbocycles. The fraction of sp³-hybridized carbons (Fsp3) is 0.438. The van der Waals surface area contributed by atoms with Gasteiger partial charge in [0.05, 0.1) is 4.88 Å². The molecule has 1 aromatic heterocycles. The Hall–Kier alpha value is -1.39. The van der Waals surface area contributed by atoms with Crippen molar-refractivity contribution in [2.75, 3.05) is 19.6 Å². The summed E-state index contributed by atoms with van der Waals surface area (Å²) >= 11 is 1.62. The summed E-state index contributed by atoms with van der Waals surface area (Å²) < 4.78 is 1.20. The minimum absolute atomic E-state index is 0.219. The van der Waals surface area contributed by atoms with Gasteiger partial charge < -0.3 is 10.2 Å². The minimum Gasteiger partial charge on any atom is -0.338 e. The molecule has 20 heavy (non-hydrogen) atoms. The molecule has 1 aromatic carbocycles. The molecular weight excluding hydrogens is 268 g/mol. The number of piperidine rings is 1. The Labute approximate surface area is 122 Å². The number of nitrogens with zero attached hydrogens (tertiary/aromatic N) is 1. The maximum atomic E-state index is 12.7. The van der Waals surface area contributed by atoms with Crippen LogP contribution in [0.3, 0.4) is 0 Å². The van der Waals surface area contributed by atoms with E-state index in [1.54, 1.807) is 11.3 Å². The number of benzene rings is 1. The molecule has 2 aliphatic rings. The molecule has 4 heteroatoms. The highest BCUT2D eigenvalue weighted by molar-refractivity contribution is 7.20. The fourth-order valence-electron chi connectivity index (χ4n) is 3.48. The van der Waals surface area contributed by atoms with E-state index in [0.29, 0.717) is 12.0 Å². The number of rotatable bonds is 1. The number of thiophene rings is 1. The van der Waals surface area contributed by atoms with E-state index in [1.807, 2.05) is 18.2 Å². The second-order valence-corrected chi connectivity index (χ2v) is 6.88. The van der Waals surface area contributed by atoms with Crippen molar-refractivity contribution in [3.63, 3.8) is 0 Å². The van der Waals surface area contributed by atoms with Crippen molar-refractivity contribution in [2.24, 2.45) is 5.92 Å². The van der Waals surface area contributed by atoms with Crippen molar-refractivity contribution in [3.8, 4) is 0 Å². The van der Waals surface area contributed by atoms with Crippen molar-refractivity contribution in [1.82, 2.24) is 10.2 Å². The van der Waals surface area contributed by atoms with Crippen LogP contribution >= 0.6 is 11.3 Å². The first-order valence-corrected chi connectivity index (χ1v) is 8.14. The molecule has 4 rings (SSSR count). The van der Waals surface area contributed by atoms with Gasteiger partial charge in [0, 0.05) is 23.8 Å². The third kappa shape index (κ3) is 2.03. The molecule has 2 aliphatic heterocycles. The first kappa shape index (κ1) is 12.4. The van der Waals surface area contributed by atoms with Gasteiger partial charge in [-0.05, 0) is 42.8 Å². The molecule has 2 fully saturated rings. The molecule has 3 nitrogen and oxygen atoms in total. The lowest BCUT2D eigenvalue weighted by molar-refractivity contribution is 0.0667. The van der Waals surface area contributed by atoms with Gasteiger partial charge in [-0.15, -0.1) is 11.3 Å². The van der Waals surface area contributed by atoms with Crippen LogP contribution in [0.15, 0.2) is 30.3 Å². The van der Waals surface area contributed by atoms with Crippen LogP contribution in [0.25, 0.3) is 10.1 Å². The van der Waals surface area contributed by atoms with Crippen LogP contribution in [0, 0.1) is 5.92 Å². The molecule has 2 saturated heterocycles. The lowest BCUT2D eigenvalue weighted by Crippen LogP contribution is -2.46. The predicted octanol–water partition coefficient (Wildman–Crippen LogP) is 2.73. The summed E-state index contributed by atoms with van der Waals surface area (Å²) in [6.45, 7) is 2.92. The molecule has 2 atom stereocenters.